The number of halogens is 3. The highest BCUT2D eigenvalue weighted by Crippen LogP contribution is 2.22. The Kier molecular flexibility index (Phi) is 5.63. The predicted molar refractivity (Wildman–Crippen MR) is 87.3 cm³/mol. The van der Waals surface area contributed by atoms with E-state index in [1.165, 1.54) is 0 Å². The fourth-order valence-corrected chi connectivity index (χ4v) is 1.98. The Balaban J connectivity index is 2.09. The van der Waals surface area contributed by atoms with Crippen LogP contribution in [0.1, 0.15) is 17.3 Å². The quantitative estimate of drug-likeness (QED) is 0.269. The molecule has 27 heavy (non-hydrogen) atoms. The van der Waals surface area contributed by atoms with E-state index < -0.39 is 46.0 Å². The van der Waals surface area contributed by atoms with Crippen LogP contribution >= 0.6 is 0 Å². The number of benzene rings is 2. The van der Waals surface area contributed by atoms with E-state index in [2.05, 4.69) is 0 Å². The summed E-state index contributed by atoms with van der Waals surface area (Å²) >= 11 is 0. The number of nitrogens with zero attached hydrogens (tertiary/aromatic N) is 1. The third-order valence-corrected chi connectivity index (χ3v) is 3.41. The van der Waals surface area contributed by atoms with Crippen LogP contribution in [-0.4, -0.2) is 22.9 Å². The lowest BCUT2D eigenvalue weighted by Crippen LogP contribution is -2.30. The Morgan fingerprint density at radius 2 is 1.85 bits per heavy atom. The number of hydrogen-bond donors (Lipinski definition) is 2. The van der Waals surface area contributed by atoms with Crippen molar-refractivity contribution in [3.05, 3.63) is 63.5 Å². The molecule has 1 amide bonds. The zero-order valence-electron chi connectivity index (χ0n) is 13.7. The number of non-ortho nitro benzene ring substituents is 1. The number of hydrogen-bond acceptors (Lipinski definition) is 6. The first-order valence-electron chi connectivity index (χ1n) is 7.31. The van der Waals surface area contributed by atoms with Crippen LogP contribution < -0.4 is 11.1 Å². The van der Waals surface area contributed by atoms with Crippen LogP contribution in [0.4, 0.5) is 30.2 Å². The smallest absolute Gasteiger partial charge is 0.341 e. The molecule has 2 aromatic rings. The van der Waals surface area contributed by atoms with Crippen LogP contribution in [0, 0.1) is 27.6 Å². The summed E-state index contributed by atoms with van der Waals surface area (Å²) in [7, 11) is 0. The van der Waals surface area contributed by atoms with Crippen LogP contribution in [0.5, 0.6) is 0 Å². The second-order valence-corrected chi connectivity index (χ2v) is 5.29. The summed E-state index contributed by atoms with van der Waals surface area (Å²) in [4.78, 5) is 33.9. The summed E-state index contributed by atoms with van der Waals surface area (Å²) in [6, 6.07) is 4.43. The first kappa shape index (κ1) is 19.7. The van der Waals surface area contributed by atoms with Crippen LogP contribution in [0.3, 0.4) is 0 Å². The van der Waals surface area contributed by atoms with Crippen LogP contribution in [0.25, 0.3) is 0 Å². The molecule has 11 heteroatoms. The van der Waals surface area contributed by atoms with E-state index in [1.54, 1.807) is 0 Å². The average molecular weight is 383 g/mol. The molecule has 0 aliphatic carbocycles. The standard InChI is InChI=1S/C16H12F3N3O5/c1-7(15(23)21-12-5-4-10(17)13(18)14(12)19)27-16(24)9-3-2-8(22(25)26)6-11(9)20/h2-7H,20H2,1H3,(H,21,23)/t7-/m1/s1. The number of nitro groups is 1. The summed E-state index contributed by atoms with van der Waals surface area (Å²) < 4.78 is 44.5. The Hall–Kier alpha value is -3.63. The minimum atomic E-state index is -1.77. The summed E-state index contributed by atoms with van der Waals surface area (Å²) in [5, 5.41) is 12.6. The topological polar surface area (TPSA) is 125 Å². The van der Waals surface area contributed by atoms with Gasteiger partial charge in [-0.25, -0.2) is 18.0 Å². The molecule has 1 atom stereocenters. The molecule has 0 aromatic heterocycles. The third-order valence-electron chi connectivity index (χ3n) is 3.41. The minimum absolute atomic E-state index is 0.223. The third kappa shape index (κ3) is 4.32. The van der Waals surface area contributed by atoms with Gasteiger partial charge in [0.25, 0.3) is 11.6 Å². The fourth-order valence-electron chi connectivity index (χ4n) is 1.98. The molecule has 0 spiro atoms. The summed E-state index contributed by atoms with van der Waals surface area (Å²) in [5.74, 6) is -6.89. The van der Waals surface area contributed by atoms with E-state index in [-0.39, 0.29) is 16.9 Å². The van der Waals surface area contributed by atoms with Gasteiger partial charge in [-0.1, -0.05) is 0 Å². The van der Waals surface area contributed by atoms with Crippen molar-refractivity contribution in [3.8, 4) is 0 Å². The lowest BCUT2D eigenvalue weighted by molar-refractivity contribution is -0.384. The average Bonchev–Trinajstić information content (AvgIpc) is 2.61. The van der Waals surface area contributed by atoms with Crippen LogP contribution in [0.2, 0.25) is 0 Å². The van der Waals surface area contributed by atoms with E-state index >= 15 is 0 Å². The molecule has 0 saturated heterocycles. The molecule has 142 valence electrons. The number of amides is 1. The molecule has 0 radical (unpaired) electrons. The Labute approximate surface area is 149 Å². The molecule has 0 aliphatic heterocycles. The number of carbonyl (C=O) groups is 2. The van der Waals surface area contributed by atoms with Gasteiger partial charge in [-0.2, -0.15) is 0 Å². The monoisotopic (exact) mass is 383 g/mol. The zero-order chi connectivity index (χ0) is 20.3. The van der Waals surface area contributed by atoms with E-state index in [0.717, 1.165) is 31.2 Å². The molecule has 0 heterocycles. The molecule has 0 bridgehead atoms. The Morgan fingerprint density at radius 1 is 1.19 bits per heavy atom. The predicted octanol–water partition coefficient (Wildman–Crippen LogP) is 2.78. The molecule has 2 rings (SSSR count). The number of nitro benzene ring substituents is 1. The SMILES string of the molecule is C[C@@H](OC(=O)c1ccc([N+](=O)[O-])cc1N)C(=O)Nc1ccc(F)c(F)c1F. The van der Waals surface area contributed by atoms with Gasteiger partial charge in [0.1, 0.15) is 0 Å². The number of anilines is 2. The number of carbonyl (C=O) groups excluding carboxylic acids is 2. The van der Waals surface area contributed by atoms with E-state index in [1.807, 2.05) is 5.32 Å². The second-order valence-electron chi connectivity index (χ2n) is 5.29. The van der Waals surface area contributed by atoms with Crippen molar-refractivity contribution in [1.82, 2.24) is 0 Å². The Morgan fingerprint density at radius 3 is 2.44 bits per heavy atom. The zero-order valence-corrected chi connectivity index (χ0v) is 13.7. The van der Waals surface area contributed by atoms with Crippen molar-refractivity contribution in [2.24, 2.45) is 0 Å². The molecular formula is C16H12F3N3O5. The van der Waals surface area contributed by atoms with E-state index in [0.29, 0.717) is 6.07 Å². The molecule has 3 N–H and O–H groups in total. The van der Waals surface area contributed by atoms with Gasteiger partial charge in [0.2, 0.25) is 0 Å². The van der Waals surface area contributed by atoms with Gasteiger partial charge in [0.15, 0.2) is 23.6 Å². The van der Waals surface area contributed by atoms with Gasteiger partial charge >= 0.3 is 5.97 Å². The van der Waals surface area contributed by atoms with Crippen molar-refractivity contribution in [2.75, 3.05) is 11.1 Å². The number of esters is 1. The minimum Gasteiger partial charge on any atom is -0.449 e. The highest BCUT2D eigenvalue weighted by atomic mass is 19.2. The largest absolute Gasteiger partial charge is 0.449 e. The van der Waals surface area contributed by atoms with Gasteiger partial charge in [-0.15, -0.1) is 0 Å². The lowest BCUT2D eigenvalue weighted by Gasteiger charge is -2.14. The fraction of sp³-hybridized carbons (Fsp3) is 0.125. The summed E-state index contributed by atoms with van der Waals surface area (Å²) in [5.41, 5.74) is 4.10. The maximum atomic E-state index is 13.6. The second kappa shape index (κ2) is 7.72. The maximum Gasteiger partial charge on any atom is 0.341 e. The van der Waals surface area contributed by atoms with Crippen molar-refractivity contribution in [3.63, 3.8) is 0 Å². The number of nitrogens with two attached hydrogens (primary N) is 1. The highest BCUT2D eigenvalue weighted by molar-refractivity contribution is 5.99. The van der Waals surface area contributed by atoms with Gasteiger partial charge in [0.05, 0.1) is 21.9 Å². The van der Waals surface area contributed by atoms with Crippen molar-refractivity contribution in [1.29, 1.82) is 0 Å². The molecule has 2 aromatic carbocycles. The maximum absolute atomic E-state index is 13.6. The van der Waals surface area contributed by atoms with Crippen LogP contribution in [-0.2, 0) is 9.53 Å². The molecule has 0 unspecified atom stereocenters. The van der Waals surface area contributed by atoms with Gasteiger partial charge in [0, 0.05) is 12.1 Å². The summed E-state index contributed by atoms with van der Waals surface area (Å²) in [6.45, 7) is 1.15. The first-order valence-corrected chi connectivity index (χ1v) is 7.31. The molecular weight excluding hydrogens is 371 g/mol. The number of ether oxygens (including phenoxy) is 1. The van der Waals surface area contributed by atoms with E-state index in [4.69, 9.17) is 10.5 Å². The van der Waals surface area contributed by atoms with Crippen molar-refractivity contribution >= 4 is 28.9 Å². The molecule has 8 nitrogen and oxygen atoms in total. The van der Waals surface area contributed by atoms with Gasteiger partial charge in [-0.05, 0) is 25.1 Å². The van der Waals surface area contributed by atoms with Crippen molar-refractivity contribution in [2.45, 2.75) is 13.0 Å². The van der Waals surface area contributed by atoms with Gasteiger partial charge in [-0.3, -0.25) is 14.9 Å². The Bertz CT molecular complexity index is 936. The molecule has 0 aliphatic rings. The number of rotatable bonds is 5. The van der Waals surface area contributed by atoms with E-state index in [9.17, 15) is 32.9 Å². The lowest BCUT2D eigenvalue weighted by atomic mass is 10.1. The molecule has 0 saturated carbocycles. The normalized spacial score (nSPS) is 11.6. The van der Waals surface area contributed by atoms with Gasteiger partial charge < -0.3 is 15.8 Å². The van der Waals surface area contributed by atoms with Crippen LogP contribution in [0.15, 0.2) is 30.3 Å². The number of nitrogens with one attached hydrogen (secondary N) is 1. The summed E-state index contributed by atoms with van der Waals surface area (Å²) in [6.07, 6.45) is -1.46. The highest BCUT2D eigenvalue weighted by Gasteiger charge is 2.23. The first-order chi connectivity index (χ1) is 12.6. The molecule has 0 fully saturated rings. The van der Waals surface area contributed by atoms with Crippen molar-refractivity contribution < 1.29 is 32.4 Å². The number of nitrogen functional groups attached to an aromatic ring is 1.